The Morgan fingerprint density at radius 2 is 2.00 bits per heavy atom. The summed E-state index contributed by atoms with van der Waals surface area (Å²) >= 11 is 0. The lowest BCUT2D eigenvalue weighted by atomic mass is 9.88. The van der Waals surface area contributed by atoms with Crippen molar-refractivity contribution in [2.24, 2.45) is 17.8 Å². The first kappa shape index (κ1) is 11.8. The van der Waals surface area contributed by atoms with Crippen LogP contribution in [0, 0.1) is 17.8 Å². The standard InChI is InChI=1S/C16H21NO/c1-17(11-12-5-3-2-4-6-12)16(18)15-10-13-7-8-14(15)9-13/h2-6,13-15H,7-11H2,1H3. The minimum absolute atomic E-state index is 0.317. The van der Waals surface area contributed by atoms with Gasteiger partial charge in [-0.2, -0.15) is 0 Å². The normalized spacial score (nSPS) is 29.5. The molecule has 2 heteroatoms. The van der Waals surface area contributed by atoms with Crippen molar-refractivity contribution in [2.45, 2.75) is 32.2 Å². The fourth-order valence-corrected chi connectivity index (χ4v) is 3.77. The molecule has 2 aliphatic carbocycles. The molecule has 2 saturated carbocycles. The summed E-state index contributed by atoms with van der Waals surface area (Å²) in [6, 6.07) is 10.3. The van der Waals surface area contributed by atoms with Crippen LogP contribution in [0.15, 0.2) is 30.3 Å². The number of hydrogen-bond donors (Lipinski definition) is 0. The van der Waals surface area contributed by atoms with Crippen LogP contribution in [0.5, 0.6) is 0 Å². The highest BCUT2D eigenvalue weighted by molar-refractivity contribution is 5.79. The molecule has 2 fully saturated rings. The van der Waals surface area contributed by atoms with Crippen LogP contribution in [-0.2, 0) is 11.3 Å². The molecule has 0 aromatic heterocycles. The molecule has 2 nitrogen and oxygen atoms in total. The summed E-state index contributed by atoms with van der Waals surface area (Å²) < 4.78 is 0. The van der Waals surface area contributed by atoms with Gasteiger partial charge in [-0.25, -0.2) is 0 Å². The highest BCUT2D eigenvalue weighted by Gasteiger charge is 2.43. The van der Waals surface area contributed by atoms with Gasteiger partial charge in [0.05, 0.1) is 0 Å². The van der Waals surface area contributed by atoms with Crippen LogP contribution >= 0.6 is 0 Å². The lowest BCUT2D eigenvalue weighted by molar-refractivity contribution is -0.136. The van der Waals surface area contributed by atoms with Gasteiger partial charge >= 0.3 is 0 Å². The van der Waals surface area contributed by atoms with E-state index < -0.39 is 0 Å². The summed E-state index contributed by atoms with van der Waals surface area (Å²) in [7, 11) is 1.95. The molecule has 0 aliphatic heterocycles. The predicted octanol–water partition coefficient (Wildman–Crippen LogP) is 3.08. The van der Waals surface area contributed by atoms with Crippen molar-refractivity contribution >= 4 is 5.91 Å². The smallest absolute Gasteiger partial charge is 0.226 e. The highest BCUT2D eigenvalue weighted by atomic mass is 16.2. The van der Waals surface area contributed by atoms with Gasteiger partial charge in [-0.15, -0.1) is 0 Å². The maximum absolute atomic E-state index is 12.5. The zero-order chi connectivity index (χ0) is 12.5. The average Bonchev–Trinajstić information content (AvgIpc) is 3.01. The first-order valence-electron chi connectivity index (χ1n) is 7.03. The van der Waals surface area contributed by atoms with E-state index in [4.69, 9.17) is 0 Å². The molecule has 1 amide bonds. The molecule has 3 rings (SSSR count). The van der Waals surface area contributed by atoms with Crippen LogP contribution < -0.4 is 0 Å². The Hall–Kier alpha value is -1.31. The lowest BCUT2D eigenvalue weighted by Crippen LogP contribution is -2.35. The van der Waals surface area contributed by atoms with E-state index in [0.29, 0.717) is 17.7 Å². The Labute approximate surface area is 109 Å². The van der Waals surface area contributed by atoms with E-state index in [-0.39, 0.29) is 0 Å². The number of fused-ring (bicyclic) bond motifs is 2. The average molecular weight is 243 g/mol. The molecule has 0 saturated heterocycles. The third-order valence-electron chi connectivity index (χ3n) is 4.69. The monoisotopic (exact) mass is 243 g/mol. The molecular formula is C16H21NO. The summed E-state index contributed by atoms with van der Waals surface area (Å²) in [5.41, 5.74) is 1.22. The Balaban J connectivity index is 1.62. The Morgan fingerprint density at radius 3 is 2.61 bits per heavy atom. The van der Waals surface area contributed by atoms with Crippen LogP contribution in [0.1, 0.15) is 31.2 Å². The first-order valence-corrected chi connectivity index (χ1v) is 7.03. The van der Waals surface area contributed by atoms with Gasteiger partial charge in [-0.3, -0.25) is 4.79 Å². The van der Waals surface area contributed by atoms with E-state index in [1.807, 2.05) is 30.1 Å². The van der Waals surface area contributed by atoms with Gasteiger partial charge in [0, 0.05) is 19.5 Å². The van der Waals surface area contributed by atoms with E-state index in [9.17, 15) is 4.79 Å². The number of amides is 1. The topological polar surface area (TPSA) is 20.3 Å². The maximum Gasteiger partial charge on any atom is 0.226 e. The van der Waals surface area contributed by atoms with Gasteiger partial charge in [-0.1, -0.05) is 36.8 Å². The predicted molar refractivity (Wildman–Crippen MR) is 71.9 cm³/mol. The molecule has 0 radical (unpaired) electrons. The zero-order valence-corrected chi connectivity index (χ0v) is 11.0. The zero-order valence-electron chi connectivity index (χ0n) is 11.0. The van der Waals surface area contributed by atoms with E-state index in [1.165, 1.54) is 24.8 Å². The van der Waals surface area contributed by atoms with Crippen molar-refractivity contribution in [1.82, 2.24) is 4.90 Å². The van der Waals surface area contributed by atoms with Crippen LogP contribution in [-0.4, -0.2) is 17.9 Å². The summed E-state index contributed by atoms with van der Waals surface area (Å²) in [5.74, 6) is 2.21. The third-order valence-corrected chi connectivity index (χ3v) is 4.69. The van der Waals surface area contributed by atoms with E-state index in [1.54, 1.807) is 0 Å². The molecule has 3 atom stereocenters. The van der Waals surface area contributed by atoms with Crippen molar-refractivity contribution < 1.29 is 4.79 Å². The minimum atomic E-state index is 0.317. The Bertz CT molecular complexity index is 428. The Kier molecular flexibility index (Phi) is 3.11. The number of carbonyl (C=O) groups is 1. The SMILES string of the molecule is CN(Cc1ccccc1)C(=O)C1CC2CCC1C2. The van der Waals surface area contributed by atoms with Gasteiger partial charge in [0.25, 0.3) is 0 Å². The van der Waals surface area contributed by atoms with Crippen molar-refractivity contribution in [3.63, 3.8) is 0 Å². The van der Waals surface area contributed by atoms with Gasteiger partial charge in [-0.05, 0) is 36.7 Å². The fraction of sp³-hybridized carbons (Fsp3) is 0.562. The number of hydrogen-bond acceptors (Lipinski definition) is 1. The maximum atomic E-state index is 12.5. The van der Waals surface area contributed by atoms with Crippen LogP contribution in [0.4, 0.5) is 0 Å². The fourth-order valence-electron chi connectivity index (χ4n) is 3.77. The lowest BCUT2D eigenvalue weighted by Gasteiger charge is -2.26. The number of rotatable bonds is 3. The molecular weight excluding hydrogens is 222 g/mol. The quantitative estimate of drug-likeness (QED) is 0.799. The second-order valence-electron chi connectivity index (χ2n) is 5.96. The third kappa shape index (κ3) is 2.16. The van der Waals surface area contributed by atoms with E-state index in [2.05, 4.69) is 12.1 Å². The molecule has 1 aromatic rings. The number of nitrogens with zero attached hydrogens (tertiary/aromatic N) is 1. The van der Waals surface area contributed by atoms with Crippen LogP contribution in [0.3, 0.4) is 0 Å². The van der Waals surface area contributed by atoms with Gasteiger partial charge in [0.15, 0.2) is 0 Å². The van der Waals surface area contributed by atoms with Crippen LogP contribution in [0.2, 0.25) is 0 Å². The summed E-state index contributed by atoms with van der Waals surface area (Å²) in [6.07, 6.45) is 5.08. The second kappa shape index (κ2) is 4.75. The summed E-state index contributed by atoms with van der Waals surface area (Å²) in [5, 5.41) is 0. The molecule has 96 valence electrons. The molecule has 18 heavy (non-hydrogen) atoms. The highest BCUT2D eigenvalue weighted by Crippen LogP contribution is 2.48. The van der Waals surface area contributed by atoms with Crippen molar-refractivity contribution in [3.05, 3.63) is 35.9 Å². The van der Waals surface area contributed by atoms with Gasteiger partial charge in [0.2, 0.25) is 5.91 Å². The molecule has 0 heterocycles. The molecule has 3 unspecified atom stereocenters. The minimum Gasteiger partial charge on any atom is -0.341 e. The van der Waals surface area contributed by atoms with E-state index >= 15 is 0 Å². The summed E-state index contributed by atoms with van der Waals surface area (Å²) in [4.78, 5) is 14.4. The van der Waals surface area contributed by atoms with E-state index in [0.717, 1.165) is 18.9 Å². The number of carbonyl (C=O) groups excluding carboxylic acids is 1. The van der Waals surface area contributed by atoms with Crippen LogP contribution in [0.25, 0.3) is 0 Å². The molecule has 1 aromatic carbocycles. The largest absolute Gasteiger partial charge is 0.341 e. The van der Waals surface area contributed by atoms with Crippen molar-refractivity contribution in [1.29, 1.82) is 0 Å². The molecule has 2 aliphatic rings. The van der Waals surface area contributed by atoms with Crippen molar-refractivity contribution in [2.75, 3.05) is 7.05 Å². The second-order valence-corrected chi connectivity index (χ2v) is 5.96. The number of benzene rings is 1. The molecule has 2 bridgehead atoms. The first-order chi connectivity index (χ1) is 8.74. The Morgan fingerprint density at radius 1 is 1.22 bits per heavy atom. The summed E-state index contributed by atoms with van der Waals surface area (Å²) in [6.45, 7) is 0.744. The molecule has 0 spiro atoms. The van der Waals surface area contributed by atoms with Gasteiger partial charge < -0.3 is 4.90 Å². The van der Waals surface area contributed by atoms with Gasteiger partial charge in [0.1, 0.15) is 0 Å². The molecule has 0 N–H and O–H groups in total. The van der Waals surface area contributed by atoms with Crippen molar-refractivity contribution in [3.8, 4) is 0 Å².